The molecular weight excluding hydrogens is 318 g/mol. The molecule has 0 fully saturated rings. The average molecular weight is 337 g/mol. The van der Waals surface area contributed by atoms with E-state index in [1.807, 2.05) is 37.3 Å². The molecule has 0 bridgehead atoms. The molecule has 0 aliphatic heterocycles. The first kappa shape index (κ1) is 16.9. The van der Waals surface area contributed by atoms with Gasteiger partial charge in [0, 0.05) is 25.3 Å². The number of ether oxygens (including phenoxy) is 1. The Kier molecular flexibility index (Phi) is 7.35. The molecule has 7 heteroatoms. The first-order valence-corrected chi connectivity index (χ1v) is 8.96. The number of benzene rings is 1. The van der Waals surface area contributed by atoms with Crippen LogP contribution in [0.1, 0.15) is 23.7 Å². The first-order valence-electron chi connectivity index (χ1n) is 7.15. The topological polar surface area (TPSA) is 64.1 Å². The molecule has 0 saturated carbocycles. The maximum Gasteiger partial charge on any atom is 0.206 e. The summed E-state index contributed by atoms with van der Waals surface area (Å²) in [6.07, 6.45) is 0.933. The molecule has 22 heavy (non-hydrogen) atoms. The van der Waals surface area contributed by atoms with Crippen LogP contribution in [-0.4, -0.2) is 41.5 Å². The van der Waals surface area contributed by atoms with Gasteiger partial charge in [0.2, 0.25) is 5.13 Å². The van der Waals surface area contributed by atoms with Gasteiger partial charge >= 0.3 is 0 Å². The third-order valence-corrected chi connectivity index (χ3v) is 4.79. The lowest BCUT2D eigenvalue weighted by Crippen LogP contribution is -2.05. The lowest BCUT2D eigenvalue weighted by Gasteiger charge is -2.01. The summed E-state index contributed by atoms with van der Waals surface area (Å²) in [5.74, 6) is 0.482. The van der Waals surface area contributed by atoms with E-state index in [0.29, 0.717) is 5.75 Å². The van der Waals surface area contributed by atoms with E-state index >= 15 is 0 Å². The summed E-state index contributed by atoms with van der Waals surface area (Å²) in [5.41, 5.74) is 0.730. The number of aromatic nitrogens is 2. The van der Waals surface area contributed by atoms with Crippen LogP contribution in [0.5, 0.6) is 0 Å². The van der Waals surface area contributed by atoms with Gasteiger partial charge in [-0.1, -0.05) is 53.4 Å². The fourth-order valence-corrected chi connectivity index (χ4v) is 3.36. The Morgan fingerprint density at radius 3 is 2.91 bits per heavy atom. The number of carbonyl (C=O) groups excluding carboxylic acids is 1. The highest BCUT2D eigenvalue weighted by Crippen LogP contribution is 2.26. The predicted molar refractivity (Wildman–Crippen MR) is 91.0 cm³/mol. The fourth-order valence-electron chi connectivity index (χ4n) is 1.69. The van der Waals surface area contributed by atoms with Crippen LogP contribution < -0.4 is 5.32 Å². The van der Waals surface area contributed by atoms with E-state index in [-0.39, 0.29) is 5.78 Å². The number of Topliss-reactive ketones (excluding diaryl/α,β-unsaturated/α-hetero) is 1. The van der Waals surface area contributed by atoms with E-state index in [0.717, 1.165) is 41.2 Å². The predicted octanol–water partition coefficient (Wildman–Crippen LogP) is 3.35. The van der Waals surface area contributed by atoms with Crippen molar-refractivity contribution in [1.29, 1.82) is 0 Å². The number of thioether (sulfide) groups is 1. The Hall–Kier alpha value is -1.44. The summed E-state index contributed by atoms with van der Waals surface area (Å²) in [4.78, 5) is 12.0. The normalized spacial score (nSPS) is 10.6. The van der Waals surface area contributed by atoms with Crippen LogP contribution in [-0.2, 0) is 4.74 Å². The Bertz CT molecular complexity index is 575. The molecule has 5 nitrogen and oxygen atoms in total. The van der Waals surface area contributed by atoms with Crippen molar-refractivity contribution < 1.29 is 9.53 Å². The zero-order valence-electron chi connectivity index (χ0n) is 12.4. The van der Waals surface area contributed by atoms with Crippen LogP contribution in [0.4, 0.5) is 5.13 Å². The second kappa shape index (κ2) is 9.55. The van der Waals surface area contributed by atoms with Gasteiger partial charge in [0.05, 0.1) is 5.75 Å². The third-order valence-electron chi connectivity index (χ3n) is 2.77. The maximum absolute atomic E-state index is 12.0. The molecule has 0 amide bonds. The number of rotatable bonds is 10. The number of nitrogens with zero attached hydrogens (tertiary/aromatic N) is 2. The molecule has 0 aliphatic rings. The minimum atomic E-state index is 0.104. The monoisotopic (exact) mass is 337 g/mol. The Morgan fingerprint density at radius 1 is 1.32 bits per heavy atom. The van der Waals surface area contributed by atoms with Crippen LogP contribution in [0.15, 0.2) is 34.7 Å². The Labute approximate surface area is 138 Å². The van der Waals surface area contributed by atoms with Crippen molar-refractivity contribution in [2.75, 3.05) is 30.8 Å². The molecule has 2 aromatic rings. The minimum absolute atomic E-state index is 0.104. The quantitative estimate of drug-likeness (QED) is 0.407. The Morgan fingerprint density at radius 2 is 2.14 bits per heavy atom. The molecule has 0 aliphatic carbocycles. The third kappa shape index (κ3) is 5.75. The SMILES string of the molecule is CCOCCCNc1nnc(SCC(=O)c2ccccc2)s1. The van der Waals surface area contributed by atoms with Gasteiger partial charge in [0.15, 0.2) is 10.1 Å². The van der Waals surface area contributed by atoms with Gasteiger partial charge in [0.25, 0.3) is 0 Å². The van der Waals surface area contributed by atoms with Crippen molar-refractivity contribution in [3.05, 3.63) is 35.9 Å². The summed E-state index contributed by atoms with van der Waals surface area (Å²) in [6, 6.07) is 9.29. The van der Waals surface area contributed by atoms with E-state index in [4.69, 9.17) is 4.74 Å². The average Bonchev–Trinajstić information content (AvgIpc) is 3.01. The van der Waals surface area contributed by atoms with Crippen molar-refractivity contribution in [2.45, 2.75) is 17.7 Å². The standard InChI is InChI=1S/C15H19N3O2S2/c1-2-20-10-6-9-16-14-17-18-15(22-14)21-11-13(19)12-7-4-3-5-8-12/h3-5,7-8H,2,6,9-11H2,1H3,(H,16,17). The summed E-state index contributed by atoms with van der Waals surface area (Å²) in [5, 5.41) is 12.1. The highest BCUT2D eigenvalue weighted by molar-refractivity contribution is 8.01. The zero-order valence-corrected chi connectivity index (χ0v) is 14.1. The molecule has 1 aromatic carbocycles. The number of carbonyl (C=O) groups is 1. The smallest absolute Gasteiger partial charge is 0.206 e. The van der Waals surface area contributed by atoms with E-state index < -0.39 is 0 Å². The summed E-state index contributed by atoms with van der Waals surface area (Å²) >= 11 is 2.89. The van der Waals surface area contributed by atoms with Crippen molar-refractivity contribution >= 4 is 34.0 Å². The van der Waals surface area contributed by atoms with Crippen molar-refractivity contribution in [3.63, 3.8) is 0 Å². The van der Waals surface area contributed by atoms with Gasteiger partial charge in [-0.3, -0.25) is 4.79 Å². The lowest BCUT2D eigenvalue weighted by molar-refractivity contribution is 0.102. The summed E-state index contributed by atoms with van der Waals surface area (Å²) < 4.78 is 6.07. The van der Waals surface area contributed by atoms with Crippen molar-refractivity contribution in [2.24, 2.45) is 0 Å². The number of hydrogen-bond acceptors (Lipinski definition) is 7. The molecule has 2 rings (SSSR count). The second-order valence-electron chi connectivity index (χ2n) is 4.43. The van der Waals surface area contributed by atoms with Gasteiger partial charge in [-0.05, 0) is 13.3 Å². The highest BCUT2D eigenvalue weighted by atomic mass is 32.2. The van der Waals surface area contributed by atoms with Crippen molar-refractivity contribution in [1.82, 2.24) is 10.2 Å². The first-order chi connectivity index (χ1) is 10.8. The molecule has 0 unspecified atom stereocenters. The summed E-state index contributed by atoms with van der Waals surface area (Å²) in [7, 11) is 0. The molecular formula is C15H19N3O2S2. The van der Waals surface area contributed by atoms with E-state index in [1.165, 1.54) is 23.1 Å². The molecule has 0 radical (unpaired) electrons. The molecule has 1 N–H and O–H groups in total. The van der Waals surface area contributed by atoms with E-state index in [2.05, 4.69) is 15.5 Å². The number of hydrogen-bond donors (Lipinski definition) is 1. The van der Waals surface area contributed by atoms with E-state index in [1.54, 1.807) is 0 Å². The molecule has 1 aromatic heterocycles. The highest BCUT2D eigenvalue weighted by Gasteiger charge is 2.09. The number of ketones is 1. The lowest BCUT2D eigenvalue weighted by atomic mass is 10.2. The van der Waals surface area contributed by atoms with Gasteiger partial charge in [0.1, 0.15) is 0 Å². The van der Waals surface area contributed by atoms with Gasteiger partial charge in [-0.2, -0.15) is 0 Å². The number of nitrogens with one attached hydrogen (secondary N) is 1. The minimum Gasteiger partial charge on any atom is -0.382 e. The maximum atomic E-state index is 12.0. The van der Waals surface area contributed by atoms with Gasteiger partial charge in [-0.25, -0.2) is 0 Å². The molecule has 1 heterocycles. The van der Waals surface area contributed by atoms with Crippen LogP contribution in [0, 0.1) is 0 Å². The second-order valence-corrected chi connectivity index (χ2v) is 6.63. The van der Waals surface area contributed by atoms with Crippen LogP contribution in [0.2, 0.25) is 0 Å². The van der Waals surface area contributed by atoms with Crippen LogP contribution in [0.3, 0.4) is 0 Å². The van der Waals surface area contributed by atoms with E-state index in [9.17, 15) is 4.79 Å². The number of anilines is 1. The molecule has 118 valence electrons. The molecule has 0 spiro atoms. The van der Waals surface area contributed by atoms with Gasteiger partial charge < -0.3 is 10.1 Å². The Balaban J connectivity index is 1.72. The summed E-state index contributed by atoms with van der Waals surface area (Å²) in [6.45, 7) is 4.28. The van der Waals surface area contributed by atoms with Crippen LogP contribution >= 0.6 is 23.1 Å². The largest absolute Gasteiger partial charge is 0.382 e. The molecule has 0 atom stereocenters. The van der Waals surface area contributed by atoms with Gasteiger partial charge in [-0.15, -0.1) is 10.2 Å². The van der Waals surface area contributed by atoms with Crippen LogP contribution in [0.25, 0.3) is 0 Å². The zero-order chi connectivity index (χ0) is 15.6. The van der Waals surface area contributed by atoms with Crippen molar-refractivity contribution in [3.8, 4) is 0 Å². The fraction of sp³-hybridized carbons (Fsp3) is 0.400. The molecule has 0 saturated heterocycles.